The second-order valence-corrected chi connectivity index (χ2v) is 14.5. The van der Waals surface area contributed by atoms with Crippen molar-refractivity contribution in [2.24, 2.45) is 14.1 Å². The zero-order valence-corrected chi connectivity index (χ0v) is 31.2. The number of nitrogen functional groups attached to an aromatic ring is 1. The molecule has 0 spiro atoms. The fourth-order valence-corrected chi connectivity index (χ4v) is 5.39. The highest BCUT2D eigenvalue weighted by Crippen LogP contribution is 2.34. The number of halogens is 1. The summed E-state index contributed by atoms with van der Waals surface area (Å²) in [7, 11) is 3.71. The minimum atomic E-state index is -0.395. The van der Waals surface area contributed by atoms with Crippen LogP contribution in [0.3, 0.4) is 0 Å². The first kappa shape index (κ1) is 38.2. The van der Waals surface area contributed by atoms with Crippen molar-refractivity contribution in [2.45, 2.75) is 66.2 Å². The number of fused-ring (bicyclic) bond motifs is 2. The van der Waals surface area contributed by atoms with E-state index in [2.05, 4.69) is 67.0 Å². The van der Waals surface area contributed by atoms with Crippen molar-refractivity contribution in [3.8, 4) is 0 Å². The van der Waals surface area contributed by atoms with Gasteiger partial charge in [0, 0.05) is 71.4 Å². The number of hydrogen-bond donors (Lipinski definition) is 2. The van der Waals surface area contributed by atoms with E-state index in [1.54, 1.807) is 59.7 Å². The van der Waals surface area contributed by atoms with Crippen LogP contribution in [0.2, 0.25) is 5.15 Å². The molecule has 0 unspecified atom stereocenters. The molecule has 6 rings (SSSR count). The van der Waals surface area contributed by atoms with Crippen LogP contribution in [0.1, 0.15) is 64.1 Å². The van der Waals surface area contributed by atoms with Gasteiger partial charge in [-0.25, -0.2) is 9.97 Å². The van der Waals surface area contributed by atoms with Gasteiger partial charge in [0.1, 0.15) is 22.6 Å². The minimum Gasteiger partial charge on any atom is -0.384 e. The van der Waals surface area contributed by atoms with Crippen LogP contribution < -0.4 is 11.1 Å². The predicted molar refractivity (Wildman–Crippen MR) is 203 cm³/mol. The van der Waals surface area contributed by atoms with Crippen LogP contribution >= 0.6 is 11.6 Å². The largest absolute Gasteiger partial charge is 0.384 e. The molecule has 0 aliphatic carbocycles. The molecule has 3 N–H and O–H groups in total. The van der Waals surface area contributed by atoms with E-state index in [1.807, 2.05) is 32.3 Å². The molecule has 2 aromatic carbocycles. The molecule has 0 saturated carbocycles. The first-order valence-electron chi connectivity index (χ1n) is 16.0. The summed E-state index contributed by atoms with van der Waals surface area (Å²) in [5.74, 6) is 2.08. The average Bonchev–Trinajstić information content (AvgIpc) is 3.58. The highest BCUT2D eigenvalue weighted by molar-refractivity contribution is 6.34. The molecule has 15 heteroatoms. The van der Waals surface area contributed by atoms with E-state index in [0.29, 0.717) is 38.5 Å². The zero-order chi connectivity index (χ0) is 38.0. The number of anilines is 3. The van der Waals surface area contributed by atoms with Gasteiger partial charge in [0.25, 0.3) is 11.4 Å². The maximum atomic E-state index is 11.4. The number of pyridine rings is 2. The molecule has 0 bridgehead atoms. The lowest BCUT2D eigenvalue weighted by Crippen LogP contribution is -2.12. The van der Waals surface area contributed by atoms with Crippen molar-refractivity contribution >= 4 is 62.0 Å². The number of aryl methyl sites for hydroxylation is 4. The monoisotopic (exact) mass is 714 g/mol. The number of rotatable bonds is 4. The van der Waals surface area contributed by atoms with Crippen LogP contribution in [0.4, 0.5) is 28.8 Å². The fraction of sp³-hybridized carbons (Fsp3) is 0.333. The Labute approximate surface area is 301 Å². The van der Waals surface area contributed by atoms with Gasteiger partial charge >= 0.3 is 0 Å². The number of nitrogens with one attached hydrogen (secondary N) is 1. The van der Waals surface area contributed by atoms with Gasteiger partial charge in [0.15, 0.2) is 0 Å². The number of nitro groups is 2. The standard InChI is InChI=1S/C18H21N5O2.C10H7ClN2O2.C8H15N3/c1-11-6-7-13-12(16(11)23(24)25)8-9-19-17(13)20-15-10-14(18(2,3)4)21-22(15)5;1-6-2-3-8-7(9(6)13(14)15)4-5-12-10(8)11;1-8(2,3)6-5-7(9)11(4)10-6/h6-10H,1-5H3,(H,19,20);2-5H,1H3;5H,9H2,1-4H3. The Balaban J connectivity index is 0.000000190. The van der Waals surface area contributed by atoms with E-state index in [0.717, 1.165) is 23.0 Å². The fourth-order valence-electron chi connectivity index (χ4n) is 5.17. The normalized spacial score (nSPS) is 11.4. The Morgan fingerprint density at radius 1 is 0.706 bits per heavy atom. The van der Waals surface area contributed by atoms with Gasteiger partial charge in [0.05, 0.1) is 32.0 Å². The van der Waals surface area contributed by atoms with Crippen LogP contribution in [-0.2, 0) is 24.9 Å². The Morgan fingerprint density at radius 3 is 1.63 bits per heavy atom. The molecule has 6 aromatic rings. The van der Waals surface area contributed by atoms with Crippen molar-refractivity contribution in [1.29, 1.82) is 0 Å². The van der Waals surface area contributed by atoms with Crippen LogP contribution in [0, 0.1) is 34.1 Å². The third-order valence-corrected chi connectivity index (χ3v) is 8.43. The van der Waals surface area contributed by atoms with Gasteiger partial charge in [-0.1, -0.05) is 71.3 Å². The Morgan fingerprint density at radius 2 is 1.18 bits per heavy atom. The third kappa shape index (κ3) is 8.58. The predicted octanol–water partition coefficient (Wildman–Crippen LogP) is 8.63. The molecule has 0 fully saturated rings. The second-order valence-electron chi connectivity index (χ2n) is 14.2. The van der Waals surface area contributed by atoms with Gasteiger partial charge < -0.3 is 11.1 Å². The Bertz CT molecular complexity index is 2230. The van der Waals surface area contributed by atoms with E-state index in [4.69, 9.17) is 17.3 Å². The lowest BCUT2D eigenvalue weighted by molar-refractivity contribution is -0.383. The van der Waals surface area contributed by atoms with Crippen molar-refractivity contribution < 1.29 is 9.85 Å². The average molecular weight is 715 g/mol. The van der Waals surface area contributed by atoms with E-state index in [9.17, 15) is 20.2 Å². The van der Waals surface area contributed by atoms with Gasteiger partial charge in [-0.2, -0.15) is 10.2 Å². The van der Waals surface area contributed by atoms with Crippen molar-refractivity contribution in [3.05, 3.63) is 109 Å². The molecule has 4 heterocycles. The number of nitro benzene ring substituents is 2. The van der Waals surface area contributed by atoms with E-state index in [1.165, 1.54) is 6.20 Å². The van der Waals surface area contributed by atoms with Gasteiger partial charge in [-0.3, -0.25) is 29.6 Å². The summed E-state index contributed by atoms with van der Waals surface area (Å²) in [6.07, 6.45) is 3.05. The summed E-state index contributed by atoms with van der Waals surface area (Å²) < 4.78 is 3.45. The third-order valence-electron chi connectivity index (χ3n) is 8.13. The number of benzene rings is 2. The maximum absolute atomic E-state index is 11.4. The molecule has 0 atom stereocenters. The summed E-state index contributed by atoms with van der Waals surface area (Å²) in [6, 6.07) is 14.2. The minimum absolute atomic E-state index is 0.0697. The SMILES string of the molecule is Cc1ccc2c(Cl)nccc2c1[N+](=O)[O-].Cc1ccc2c(Nc3cc(C(C)(C)C)nn3C)nccc2c1[N+](=O)[O-].Cn1nc(C(C)(C)C)cc1N. The van der Waals surface area contributed by atoms with Crippen molar-refractivity contribution in [1.82, 2.24) is 29.5 Å². The first-order chi connectivity index (χ1) is 23.7. The molecule has 0 aliphatic rings. The second kappa shape index (κ2) is 14.7. The first-order valence-corrected chi connectivity index (χ1v) is 16.4. The van der Waals surface area contributed by atoms with E-state index in [-0.39, 0.29) is 32.3 Å². The highest BCUT2D eigenvalue weighted by atomic mass is 35.5. The summed E-state index contributed by atoms with van der Waals surface area (Å²) >= 11 is 5.85. The lowest BCUT2D eigenvalue weighted by atomic mass is 9.92. The highest BCUT2D eigenvalue weighted by Gasteiger charge is 2.22. The topological polar surface area (TPSA) is 186 Å². The molecule has 0 radical (unpaired) electrons. The van der Waals surface area contributed by atoms with Gasteiger partial charge in [0.2, 0.25) is 0 Å². The summed E-state index contributed by atoms with van der Waals surface area (Å²) in [5, 5.41) is 37.1. The Hall–Kier alpha value is -5.63. The maximum Gasteiger partial charge on any atom is 0.280 e. The molecular weight excluding hydrogens is 672 g/mol. The van der Waals surface area contributed by atoms with Crippen LogP contribution in [-0.4, -0.2) is 39.4 Å². The van der Waals surface area contributed by atoms with Gasteiger partial charge in [-0.15, -0.1) is 0 Å². The van der Waals surface area contributed by atoms with E-state index >= 15 is 0 Å². The molecule has 14 nitrogen and oxygen atoms in total. The van der Waals surface area contributed by atoms with Crippen molar-refractivity contribution in [2.75, 3.05) is 11.1 Å². The van der Waals surface area contributed by atoms with Crippen LogP contribution in [0.25, 0.3) is 21.5 Å². The lowest BCUT2D eigenvalue weighted by Gasteiger charge is -2.13. The molecule has 51 heavy (non-hydrogen) atoms. The molecular formula is C36H43ClN10O4. The number of hydrogen-bond acceptors (Lipinski definition) is 10. The summed E-state index contributed by atoms with van der Waals surface area (Å²) in [6.45, 7) is 16.1. The summed E-state index contributed by atoms with van der Waals surface area (Å²) in [4.78, 5) is 29.8. The quantitative estimate of drug-likeness (QED) is 0.102. The smallest absolute Gasteiger partial charge is 0.280 e. The molecule has 268 valence electrons. The molecule has 0 aliphatic heterocycles. The molecule has 4 aromatic heterocycles. The van der Waals surface area contributed by atoms with Gasteiger partial charge in [-0.05, 0) is 32.0 Å². The number of aromatic nitrogens is 6. The number of nitrogens with zero attached hydrogens (tertiary/aromatic N) is 8. The summed E-state index contributed by atoms with van der Waals surface area (Å²) in [5.41, 5.74) is 9.12. The van der Waals surface area contributed by atoms with Crippen LogP contribution in [0.5, 0.6) is 0 Å². The number of nitrogens with two attached hydrogens (primary N) is 1. The zero-order valence-electron chi connectivity index (χ0n) is 30.4. The van der Waals surface area contributed by atoms with Crippen molar-refractivity contribution in [3.63, 3.8) is 0 Å². The van der Waals surface area contributed by atoms with Crippen LogP contribution in [0.15, 0.2) is 60.9 Å². The molecule has 0 saturated heterocycles. The molecule has 0 amide bonds. The Kier molecular flexibility index (Phi) is 11.0. The van der Waals surface area contributed by atoms with E-state index < -0.39 is 4.92 Å².